The lowest BCUT2D eigenvalue weighted by atomic mass is 10.2. The summed E-state index contributed by atoms with van der Waals surface area (Å²) in [7, 11) is 0. The SMILES string of the molecule is O=C(Cn1cnc2sc(-c3ccccc3)cc2c1=O)N1CCN(C(=O)c2ccccc2Cl)CC1. The normalized spacial score (nSPS) is 13.9. The number of benzene rings is 2. The minimum Gasteiger partial charge on any atom is -0.338 e. The predicted molar refractivity (Wildman–Crippen MR) is 133 cm³/mol. The molecule has 0 bridgehead atoms. The minimum absolute atomic E-state index is 0.0866. The predicted octanol–water partition coefficient (Wildman–Crippen LogP) is 3.76. The fourth-order valence-corrected chi connectivity index (χ4v) is 5.24. The summed E-state index contributed by atoms with van der Waals surface area (Å²) in [6.07, 6.45) is 1.44. The van der Waals surface area contributed by atoms with E-state index < -0.39 is 0 Å². The Balaban J connectivity index is 1.26. The number of carbonyl (C=O) groups excluding carboxylic acids is 2. The Morgan fingerprint density at radius 3 is 2.35 bits per heavy atom. The van der Waals surface area contributed by atoms with Gasteiger partial charge in [-0.05, 0) is 23.8 Å². The van der Waals surface area contributed by atoms with Crippen molar-refractivity contribution < 1.29 is 9.59 Å². The van der Waals surface area contributed by atoms with Crippen LogP contribution in [-0.4, -0.2) is 57.3 Å². The Hall–Kier alpha value is -3.49. The Morgan fingerprint density at radius 1 is 0.941 bits per heavy atom. The molecule has 1 fully saturated rings. The summed E-state index contributed by atoms with van der Waals surface area (Å²) >= 11 is 7.61. The maximum absolute atomic E-state index is 13.0. The fourth-order valence-electron chi connectivity index (χ4n) is 4.03. The third-order valence-electron chi connectivity index (χ3n) is 5.91. The largest absolute Gasteiger partial charge is 0.338 e. The van der Waals surface area contributed by atoms with Crippen molar-refractivity contribution in [1.29, 1.82) is 0 Å². The lowest BCUT2D eigenvalue weighted by Crippen LogP contribution is -2.51. The van der Waals surface area contributed by atoms with Crippen LogP contribution in [0, 0.1) is 0 Å². The second kappa shape index (κ2) is 9.40. The molecule has 9 heteroatoms. The van der Waals surface area contributed by atoms with Gasteiger partial charge in [0.05, 0.1) is 22.3 Å². The molecular weight excluding hydrogens is 472 g/mol. The molecule has 2 aromatic carbocycles. The summed E-state index contributed by atoms with van der Waals surface area (Å²) in [6.45, 7) is 1.53. The number of carbonyl (C=O) groups is 2. The molecule has 3 heterocycles. The van der Waals surface area contributed by atoms with Crippen molar-refractivity contribution in [2.24, 2.45) is 0 Å². The van der Waals surface area contributed by atoms with Crippen LogP contribution in [-0.2, 0) is 11.3 Å². The van der Waals surface area contributed by atoms with Crippen LogP contribution in [0.5, 0.6) is 0 Å². The molecule has 0 atom stereocenters. The smallest absolute Gasteiger partial charge is 0.262 e. The highest BCUT2D eigenvalue weighted by Gasteiger charge is 2.26. The highest BCUT2D eigenvalue weighted by molar-refractivity contribution is 7.21. The van der Waals surface area contributed by atoms with Gasteiger partial charge in [0.25, 0.3) is 11.5 Å². The molecule has 2 aromatic heterocycles. The van der Waals surface area contributed by atoms with Crippen molar-refractivity contribution in [3.8, 4) is 10.4 Å². The number of piperazine rings is 1. The Labute approximate surface area is 204 Å². The third kappa shape index (κ3) is 4.34. The molecule has 0 radical (unpaired) electrons. The molecule has 5 rings (SSSR count). The van der Waals surface area contributed by atoms with Crippen LogP contribution in [0.15, 0.2) is 71.8 Å². The second-order valence-electron chi connectivity index (χ2n) is 8.03. The number of fused-ring (bicyclic) bond motifs is 1. The van der Waals surface area contributed by atoms with Crippen LogP contribution >= 0.6 is 22.9 Å². The van der Waals surface area contributed by atoms with Gasteiger partial charge in [0.1, 0.15) is 11.4 Å². The maximum Gasteiger partial charge on any atom is 0.262 e. The van der Waals surface area contributed by atoms with Crippen LogP contribution in [0.4, 0.5) is 0 Å². The lowest BCUT2D eigenvalue weighted by Gasteiger charge is -2.35. The van der Waals surface area contributed by atoms with Crippen LogP contribution in [0.25, 0.3) is 20.7 Å². The van der Waals surface area contributed by atoms with Crippen molar-refractivity contribution >= 4 is 45.0 Å². The van der Waals surface area contributed by atoms with Crippen LogP contribution in [0.2, 0.25) is 5.02 Å². The first kappa shape index (κ1) is 22.3. The minimum atomic E-state index is -0.232. The van der Waals surface area contributed by atoms with E-state index in [9.17, 15) is 14.4 Å². The number of halogens is 1. The summed E-state index contributed by atoms with van der Waals surface area (Å²) in [5, 5.41) is 0.923. The zero-order valence-corrected chi connectivity index (χ0v) is 19.8. The molecule has 172 valence electrons. The van der Waals surface area contributed by atoms with Gasteiger partial charge >= 0.3 is 0 Å². The lowest BCUT2D eigenvalue weighted by molar-refractivity contribution is -0.133. The van der Waals surface area contributed by atoms with E-state index >= 15 is 0 Å². The van der Waals surface area contributed by atoms with Crippen LogP contribution in [0.3, 0.4) is 0 Å². The van der Waals surface area contributed by atoms with Gasteiger partial charge in [-0.1, -0.05) is 54.1 Å². The monoisotopic (exact) mass is 492 g/mol. The molecule has 4 aromatic rings. The molecule has 1 saturated heterocycles. The fraction of sp³-hybridized carbons (Fsp3) is 0.200. The van der Waals surface area contributed by atoms with Gasteiger partial charge < -0.3 is 9.80 Å². The molecule has 0 spiro atoms. The Morgan fingerprint density at radius 2 is 1.62 bits per heavy atom. The van der Waals surface area contributed by atoms with E-state index in [1.807, 2.05) is 36.4 Å². The average Bonchev–Trinajstić information content (AvgIpc) is 3.32. The first-order valence-corrected chi connectivity index (χ1v) is 12.1. The Kier molecular flexibility index (Phi) is 6.17. The third-order valence-corrected chi connectivity index (χ3v) is 7.33. The number of thiophene rings is 1. The Bertz CT molecular complexity index is 1430. The quantitative estimate of drug-likeness (QED) is 0.434. The van der Waals surface area contributed by atoms with Gasteiger partial charge in [-0.3, -0.25) is 19.0 Å². The van der Waals surface area contributed by atoms with Crippen molar-refractivity contribution in [1.82, 2.24) is 19.4 Å². The van der Waals surface area contributed by atoms with E-state index in [0.717, 1.165) is 10.4 Å². The van der Waals surface area contributed by atoms with E-state index in [1.54, 1.807) is 34.1 Å². The molecule has 0 aliphatic carbocycles. The van der Waals surface area contributed by atoms with E-state index in [0.29, 0.717) is 47.0 Å². The number of rotatable bonds is 4. The zero-order valence-electron chi connectivity index (χ0n) is 18.2. The summed E-state index contributed by atoms with van der Waals surface area (Å²) < 4.78 is 1.35. The van der Waals surface area contributed by atoms with E-state index in [2.05, 4.69) is 4.98 Å². The van der Waals surface area contributed by atoms with Crippen molar-refractivity contribution in [2.75, 3.05) is 26.2 Å². The molecule has 2 amide bonds. The second-order valence-corrected chi connectivity index (χ2v) is 9.46. The van der Waals surface area contributed by atoms with Gasteiger partial charge in [0.2, 0.25) is 5.91 Å². The van der Waals surface area contributed by atoms with Crippen LogP contribution < -0.4 is 5.56 Å². The van der Waals surface area contributed by atoms with Gasteiger partial charge in [-0.25, -0.2) is 4.98 Å². The van der Waals surface area contributed by atoms with Crippen molar-refractivity contribution in [2.45, 2.75) is 6.54 Å². The highest BCUT2D eigenvalue weighted by atomic mass is 35.5. The average molecular weight is 493 g/mol. The number of hydrogen-bond acceptors (Lipinski definition) is 5. The summed E-state index contributed by atoms with van der Waals surface area (Å²) in [5.41, 5.74) is 1.25. The maximum atomic E-state index is 13.0. The van der Waals surface area contributed by atoms with E-state index in [4.69, 9.17) is 11.6 Å². The number of amides is 2. The van der Waals surface area contributed by atoms with Gasteiger partial charge in [0, 0.05) is 31.1 Å². The molecule has 0 unspecified atom stereocenters. The molecule has 7 nitrogen and oxygen atoms in total. The van der Waals surface area contributed by atoms with Crippen LogP contribution in [0.1, 0.15) is 10.4 Å². The van der Waals surface area contributed by atoms with Crippen molar-refractivity contribution in [3.63, 3.8) is 0 Å². The summed E-state index contributed by atoms with van der Waals surface area (Å²) in [6, 6.07) is 18.6. The van der Waals surface area contributed by atoms with Crippen molar-refractivity contribution in [3.05, 3.63) is 87.9 Å². The van der Waals surface area contributed by atoms with Gasteiger partial charge in [0.15, 0.2) is 0 Å². The topological polar surface area (TPSA) is 75.5 Å². The van der Waals surface area contributed by atoms with E-state index in [-0.39, 0.29) is 23.9 Å². The summed E-state index contributed by atoms with van der Waals surface area (Å²) in [5.74, 6) is -0.318. The molecule has 0 N–H and O–H groups in total. The van der Waals surface area contributed by atoms with E-state index in [1.165, 1.54) is 22.2 Å². The number of aromatic nitrogens is 2. The molecule has 0 saturated carbocycles. The number of hydrogen-bond donors (Lipinski definition) is 0. The zero-order chi connectivity index (χ0) is 23.7. The highest BCUT2D eigenvalue weighted by Crippen LogP contribution is 2.30. The first-order chi connectivity index (χ1) is 16.5. The number of nitrogens with zero attached hydrogens (tertiary/aromatic N) is 4. The van der Waals surface area contributed by atoms with Gasteiger partial charge in [-0.2, -0.15) is 0 Å². The standard InChI is InChI=1S/C25H21ClN4O3S/c26-20-9-5-4-8-18(20)24(32)29-12-10-28(11-13-29)22(31)15-30-16-27-23-19(25(30)33)14-21(34-23)17-6-2-1-3-7-17/h1-9,14,16H,10-13,15H2. The summed E-state index contributed by atoms with van der Waals surface area (Å²) in [4.78, 5) is 48.1. The molecule has 1 aliphatic rings. The van der Waals surface area contributed by atoms with Gasteiger partial charge in [-0.15, -0.1) is 11.3 Å². The molecular formula is C25H21ClN4O3S. The molecule has 34 heavy (non-hydrogen) atoms. The molecule has 1 aliphatic heterocycles. The first-order valence-electron chi connectivity index (χ1n) is 10.9.